The van der Waals surface area contributed by atoms with Gasteiger partial charge in [-0.3, -0.25) is 0 Å². The molecule has 1 rings (SSSR count). The second kappa shape index (κ2) is 1.75. The van der Waals surface area contributed by atoms with E-state index in [1.165, 1.54) is 0 Å². The highest BCUT2D eigenvalue weighted by Crippen LogP contribution is 2.71. The standard InChI is InChI=1S/C6H6F6/c1-3(2)4(7,8)6(11,12)5(3,9)10/h1-2H3. The second-order valence-electron chi connectivity index (χ2n) is 3.35. The summed E-state index contributed by atoms with van der Waals surface area (Å²) in [5, 5.41) is 0. The zero-order valence-electron chi connectivity index (χ0n) is 6.27. The fraction of sp³-hybridized carbons (Fsp3) is 1.00. The minimum atomic E-state index is -5.22. The lowest BCUT2D eigenvalue weighted by Crippen LogP contribution is -2.79. The second-order valence-corrected chi connectivity index (χ2v) is 3.35. The van der Waals surface area contributed by atoms with Crippen LogP contribution in [0.3, 0.4) is 0 Å². The van der Waals surface area contributed by atoms with Crippen molar-refractivity contribution >= 4 is 0 Å². The molecule has 0 atom stereocenters. The summed E-state index contributed by atoms with van der Waals surface area (Å²) < 4.78 is 73.6. The molecule has 1 fully saturated rings. The largest absolute Gasteiger partial charge is 0.373 e. The van der Waals surface area contributed by atoms with Crippen LogP contribution in [0.2, 0.25) is 0 Å². The first kappa shape index (κ1) is 9.67. The van der Waals surface area contributed by atoms with E-state index in [0.29, 0.717) is 13.8 Å². The maximum absolute atomic E-state index is 12.4. The Hall–Kier alpha value is -0.420. The predicted octanol–water partition coefficient (Wildman–Crippen LogP) is 2.93. The number of alkyl halides is 6. The smallest absolute Gasteiger partial charge is 0.199 e. The molecule has 0 heterocycles. The molecular formula is C6H6F6. The Morgan fingerprint density at radius 2 is 0.833 bits per heavy atom. The summed E-state index contributed by atoms with van der Waals surface area (Å²) in [6.07, 6.45) is 0. The summed E-state index contributed by atoms with van der Waals surface area (Å²) in [7, 11) is 0. The molecule has 1 aliphatic carbocycles. The van der Waals surface area contributed by atoms with E-state index in [1.807, 2.05) is 0 Å². The first-order valence-corrected chi connectivity index (χ1v) is 3.13. The van der Waals surface area contributed by atoms with E-state index >= 15 is 0 Å². The Kier molecular flexibility index (Phi) is 1.41. The fourth-order valence-electron chi connectivity index (χ4n) is 1.12. The van der Waals surface area contributed by atoms with Crippen molar-refractivity contribution in [3.63, 3.8) is 0 Å². The summed E-state index contributed by atoms with van der Waals surface area (Å²) >= 11 is 0. The van der Waals surface area contributed by atoms with E-state index in [2.05, 4.69) is 0 Å². The molecule has 0 radical (unpaired) electrons. The lowest BCUT2D eigenvalue weighted by Gasteiger charge is -2.55. The Balaban J connectivity index is 3.16. The van der Waals surface area contributed by atoms with Gasteiger partial charge in [-0.15, -0.1) is 0 Å². The van der Waals surface area contributed by atoms with Crippen LogP contribution in [-0.4, -0.2) is 17.8 Å². The molecule has 72 valence electrons. The Labute approximate surface area is 64.6 Å². The maximum atomic E-state index is 12.4. The highest BCUT2D eigenvalue weighted by Gasteiger charge is 2.94. The molecule has 1 aliphatic rings. The van der Waals surface area contributed by atoms with Gasteiger partial charge >= 0.3 is 17.8 Å². The molecule has 0 aromatic carbocycles. The number of hydrogen-bond donors (Lipinski definition) is 0. The van der Waals surface area contributed by atoms with Gasteiger partial charge in [-0.05, 0) is 13.8 Å². The van der Waals surface area contributed by atoms with Gasteiger partial charge in [0, 0.05) is 0 Å². The van der Waals surface area contributed by atoms with Gasteiger partial charge in [0.25, 0.3) is 0 Å². The first-order valence-electron chi connectivity index (χ1n) is 3.13. The highest BCUT2D eigenvalue weighted by atomic mass is 19.4. The molecule has 0 N–H and O–H groups in total. The van der Waals surface area contributed by atoms with Crippen LogP contribution in [0.25, 0.3) is 0 Å². The van der Waals surface area contributed by atoms with Crippen molar-refractivity contribution in [3.8, 4) is 0 Å². The molecule has 0 spiro atoms. The van der Waals surface area contributed by atoms with Gasteiger partial charge in [0.1, 0.15) is 5.41 Å². The third-order valence-corrected chi connectivity index (χ3v) is 2.36. The van der Waals surface area contributed by atoms with Gasteiger partial charge in [0.15, 0.2) is 0 Å². The minimum absolute atomic E-state index is 0.421. The fourth-order valence-corrected chi connectivity index (χ4v) is 1.12. The minimum Gasteiger partial charge on any atom is -0.199 e. The first-order chi connectivity index (χ1) is 5.00. The Morgan fingerprint density at radius 3 is 0.917 bits per heavy atom. The molecule has 0 bridgehead atoms. The van der Waals surface area contributed by atoms with Crippen molar-refractivity contribution < 1.29 is 26.3 Å². The number of rotatable bonds is 0. The van der Waals surface area contributed by atoms with Gasteiger partial charge in [-0.25, -0.2) is 0 Å². The van der Waals surface area contributed by atoms with E-state index in [-0.39, 0.29) is 0 Å². The quantitative estimate of drug-likeness (QED) is 0.517. The average Bonchev–Trinajstić information content (AvgIpc) is 1.84. The SMILES string of the molecule is CC1(C)C(F)(F)C(F)(F)C1(F)F. The van der Waals surface area contributed by atoms with Crippen LogP contribution in [0.1, 0.15) is 13.8 Å². The predicted molar refractivity (Wildman–Crippen MR) is 28.6 cm³/mol. The van der Waals surface area contributed by atoms with Gasteiger partial charge in [-0.1, -0.05) is 0 Å². The summed E-state index contributed by atoms with van der Waals surface area (Å²) in [4.78, 5) is 0. The van der Waals surface area contributed by atoms with Crippen LogP contribution < -0.4 is 0 Å². The van der Waals surface area contributed by atoms with Crippen LogP contribution >= 0.6 is 0 Å². The van der Waals surface area contributed by atoms with E-state index in [4.69, 9.17) is 0 Å². The molecule has 12 heavy (non-hydrogen) atoms. The molecule has 0 aromatic heterocycles. The number of halogens is 6. The molecule has 0 amide bonds. The van der Waals surface area contributed by atoms with E-state index < -0.39 is 23.2 Å². The molecule has 0 aliphatic heterocycles. The molecule has 0 unspecified atom stereocenters. The van der Waals surface area contributed by atoms with Gasteiger partial charge in [0.2, 0.25) is 0 Å². The monoisotopic (exact) mass is 192 g/mol. The summed E-state index contributed by atoms with van der Waals surface area (Å²) in [5.41, 5.74) is -2.97. The molecule has 0 aromatic rings. The zero-order valence-corrected chi connectivity index (χ0v) is 6.27. The summed E-state index contributed by atoms with van der Waals surface area (Å²) in [5.74, 6) is -14.5. The van der Waals surface area contributed by atoms with Crippen LogP contribution in [0.15, 0.2) is 0 Å². The normalized spacial score (nSPS) is 34.0. The average molecular weight is 192 g/mol. The highest BCUT2D eigenvalue weighted by molar-refractivity contribution is 5.21. The van der Waals surface area contributed by atoms with Crippen molar-refractivity contribution in [1.29, 1.82) is 0 Å². The van der Waals surface area contributed by atoms with Crippen molar-refractivity contribution in [3.05, 3.63) is 0 Å². The summed E-state index contributed by atoms with van der Waals surface area (Å²) in [6.45, 7) is 0.842. The molecule has 0 nitrogen and oxygen atoms in total. The zero-order chi connectivity index (χ0) is 10.0. The maximum Gasteiger partial charge on any atom is 0.373 e. The van der Waals surface area contributed by atoms with Crippen LogP contribution in [0, 0.1) is 5.41 Å². The van der Waals surface area contributed by atoms with Crippen LogP contribution in [0.5, 0.6) is 0 Å². The third kappa shape index (κ3) is 0.557. The van der Waals surface area contributed by atoms with Crippen molar-refractivity contribution in [1.82, 2.24) is 0 Å². The van der Waals surface area contributed by atoms with Gasteiger partial charge in [-0.2, -0.15) is 26.3 Å². The topological polar surface area (TPSA) is 0 Å². The molecule has 0 saturated heterocycles. The van der Waals surface area contributed by atoms with Gasteiger partial charge < -0.3 is 0 Å². The van der Waals surface area contributed by atoms with Crippen molar-refractivity contribution in [2.45, 2.75) is 31.6 Å². The van der Waals surface area contributed by atoms with Crippen LogP contribution in [-0.2, 0) is 0 Å². The van der Waals surface area contributed by atoms with E-state index in [9.17, 15) is 26.3 Å². The molecule has 1 saturated carbocycles. The summed E-state index contributed by atoms with van der Waals surface area (Å²) in [6, 6.07) is 0. The molecular weight excluding hydrogens is 186 g/mol. The van der Waals surface area contributed by atoms with E-state index in [0.717, 1.165) is 0 Å². The van der Waals surface area contributed by atoms with Gasteiger partial charge in [0.05, 0.1) is 0 Å². The van der Waals surface area contributed by atoms with Crippen LogP contribution in [0.4, 0.5) is 26.3 Å². The van der Waals surface area contributed by atoms with Crippen molar-refractivity contribution in [2.75, 3.05) is 0 Å². The Bertz CT molecular complexity index is 152. The Morgan fingerprint density at radius 1 is 0.583 bits per heavy atom. The third-order valence-electron chi connectivity index (χ3n) is 2.36. The number of hydrogen-bond acceptors (Lipinski definition) is 0. The van der Waals surface area contributed by atoms with Crippen molar-refractivity contribution in [2.24, 2.45) is 5.41 Å². The van der Waals surface area contributed by atoms with E-state index in [1.54, 1.807) is 0 Å². The lowest BCUT2D eigenvalue weighted by atomic mass is 9.61. The molecule has 6 heteroatoms. The lowest BCUT2D eigenvalue weighted by molar-refractivity contribution is -0.468.